The summed E-state index contributed by atoms with van der Waals surface area (Å²) in [4.78, 5) is 32.6. The molecule has 25 heavy (non-hydrogen) atoms. The first-order valence-electron chi connectivity index (χ1n) is 8.16. The number of hydrogen-bond acceptors (Lipinski definition) is 5. The van der Waals surface area contributed by atoms with E-state index in [2.05, 4.69) is 9.88 Å². The van der Waals surface area contributed by atoms with Gasteiger partial charge in [-0.1, -0.05) is 18.2 Å². The van der Waals surface area contributed by atoms with E-state index in [0.717, 1.165) is 29.4 Å². The van der Waals surface area contributed by atoms with Gasteiger partial charge in [0.1, 0.15) is 5.01 Å². The Balaban J connectivity index is 1.69. The van der Waals surface area contributed by atoms with Crippen LogP contribution in [0.15, 0.2) is 30.5 Å². The predicted octanol–water partition coefficient (Wildman–Crippen LogP) is 2.42. The molecule has 1 aliphatic heterocycles. The number of aromatic nitrogens is 1. The van der Waals surface area contributed by atoms with Gasteiger partial charge in [-0.05, 0) is 19.0 Å². The molecule has 1 fully saturated rings. The van der Waals surface area contributed by atoms with E-state index >= 15 is 0 Å². The average molecular weight is 359 g/mol. The van der Waals surface area contributed by atoms with Gasteiger partial charge in [0.05, 0.1) is 22.9 Å². The van der Waals surface area contributed by atoms with Crippen LogP contribution in [0.25, 0.3) is 10.4 Å². The molecule has 1 aliphatic rings. The summed E-state index contributed by atoms with van der Waals surface area (Å²) in [5.41, 5.74) is 0.983. The van der Waals surface area contributed by atoms with Gasteiger partial charge in [-0.25, -0.2) is 9.78 Å². The van der Waals surface area contributed by atoms with Crippen LogP contribution < -0.4 is 0 Å². The highest BCUT2D eigenvalue weighted by Crippen LogP contribution is 2.30. The van der Waals surface area contributed by atoms with Crippen molar-refractivity contribution in [2.24, 2.45) is 5.92 Å². The van der Waals surface area contributed by atoms with Crippen LogP contribution in [0.2, 0.25) is 0 Å². The molecule has 2 aromatic rings. The van der Waals surface area contributed by atoms with Gasteiger partial charge in [-0.3, -0.25) is 9.69 Å². The zero-order valence-electron chi connectivity index (χ0n) is 14.3. The van der Waals surface area contributed by atoms with Crippen LogP contribution in [0, 0.1) is 5.92 Å². The van der Waals surface area contributed by atoms with Crippen LogP contribution in [0.4, 0.5) is 0 Å². The topological polar surface area (TPSA) is 73.7 Å². The van der Waals surface area contributed by atoms with Crippen molar-refractivity contribution in [3.63, 3.8) is 0 Å². The summed E-state index contributed by atoms with van der Waals surface area (Å²) in [5, 5.41) is 10.3. The second kappa shape index (κ2) is 7.33. The zero-order chi connectivity index (χ0) is 18.0. The van der Waals surface area contributed by atoms with E-state index in [1.165, 1.54) is 11.3 Å². The van der Waals surface area contributed by atoms with E-state index in [-0.39, 0.29) is 17.4 Å². The van der Waals surface area contributed by atoms with Crippen molar-refractivity contribution >= 4 is 23.2 Å². The molecule has 1 aromatic heterocycles. The van der Waals surface area contributed by atoms with E-state index in [0.29, 0.717) is 12.1 Å². The molecule has 1 N–H and O–H groups in total. The number of aromatic carboxylic acids is 1. The maximum Gasteiger partial charge on any atom is 0.336 e. The summed E-state index contributed by atoms with van der Waals surface area (Å²) in [6.07, 6.45) is 2.61. The van der Waals surface area contributed by atoms with Gasteiger partial charge < -0.3 is 10.0 Å². The molecule has 7 heteroatoms. The van der Waals surface area contributed by atoms with Gasteiger partial charge in [-0.2, -0.15) is 0 Å². The van der Waals surface area contributed by atoms with E-state index < -0.39 is 5.97 Å². The normalized spacial score (nSPS) is 17.6. The Morgan fingerprint density at radius 1 is 1.36 bits per heavy atom. The number of hydrogen-bond donors (Lipinski definition) is 1. The lowest BCUT2D eigenvalue weighted by Crippen LogP contribution is -2.31. The van der Waals surface area contributed by atoms with Crippen LogP contribution in [-0.4, -0.2) is 59.0 Å². The first kappa shape index (κ1) is 17.6. The fraction of sp³-hybridized carbons (Fsp3) is 0.389. The Labute approximate surface area is 150 Å². The maximum atomic E-state index is 12.1. The maximum absolute atomic E-state index is 12.1. The standard InChI is InChI=1S/C18H21N3O3S/c1-20(2)17(22)12-7-8-21(10-12)11-16-19-9-15(25-16)13-5-3-4-6-14(13)18(23)24/h3-6,9,12H,7-8,10-11H2,1-2H3,(H,23,24)/t12-/m1/s1. The molecule has 1 saturated heterocycles. The largest absolute Gasteiger partial charge is 0.478 e. The minimum Gasteiger partial charge on any atom is -0.478 e. The molecule has 0 saturated carbocycles. The van der Waals surface area contributed by atoms with Crippen molar-refractivity contribution in [1.82, 2.24) is 14.8 Å². The van der Waals surface area contributed by atoms with Gasteiger partial charge in [0.15, 0.2) is 0 Å². The number of carboxylic acid groups (broad SMARTS) is 1. The monoisotopic (exact) mass is 359 g/mol. The number of carboxylic acids is 1. The smallest absolute Gasteiger partial charge is 0.336 e. The summed E-state index contributed by atoms with van der Waals surface area (Å²) >= 11 is 1.51. The Bertz CT molecular complexity index is 787. The summed E-state index contributed by atoms with van der Waals surface area (Å²) in [6, 6.07) is 6.97. The van der Waals surface area contributed by atoms with Crippen molar-refractivity contribution in [2.45, 2.75) is 13.0 Å². The van der Waals surface area contributed by atoms with E-state index in [9.17, 15) is 14.7 Å². The minimum absolute atomic E-state index is 0.0576. The molecule has 0 aliphatic carbocycles. The molecule has 2 heterocycles. The summed E-state index contributed by atoms with van der Waals surface area (Å²) in [5.74, 6) is -0.699. The molecule has 1 amide bonds. The fourth-order valence-electron chi connectivity index (χ4n) is 3.13. The number of carbonyl (C=O) groups excluding carboxylic acids is 1. The second-order valence-corrected chi connectivity index (χ2v) is 7.54. The van der Waals surface area contributed by atoms with Gasteiger partial charge in [0.2, 0.25) is 5.91 Å². The minimum atomic E-state index is -0.935. The van der Waals surface area contributed by atoms with Crippen LogP contribution >= 0.6 is 11.3 Å². The third-order valence-corrected chi connectivity index (χ3v) is 5.41. The molecule has 6 nitrogen and oxygen atoms in total. The van der Waals surface area contributed by atoms with E-state index in [4.69, 9.17) is 0 Å². The van der Waals surface area contributed by atoms with Crippen molar-refractivity contribution in [2.75, 3.05) is 27.2 Å². The first-order chi connectivity index (χ1) is 12.0. The van der Waals surface area contributed by atoms with Gasteiger partial charge in [0.25, 0.3) is 0 Å². The number of amides is 1. The first-order valence-corrected chi connectivity index (χ1v) is 8.98. The van der Waals surface area contributed by atoms with Crippen molar-refractivity contribution < 1.29 is 14.7 Å². The Morgan fingerprint density at radius 3 is 2.84 bits per heavy atom. The Morgan fingerprint density at radius 2 is 2.12 bits per heavy atom. The SMILES string of the molecule is CN(C)C(=O)[C@@H]1CCN(Cc2ncc(-c3ccccc3C(=O)O)s2)C1. The lowest BCUT2D eigenvalue weighted by Gasteiger charge is -2.17. The van der Waals surface area contributed by atoms with Crippen molar-refractivity contribution in [1.29, 1.82) is 0 Å². The average Bonchev–Trinajstić information content (AvgIpc) is 3.24. The molecular formula is C18H21N3O3S. The molecule has 1 atom stereocenters. The second-order valence-electron chi connectivity index (χ2n) is 6.42. The van der Waals surface area contributed by atoms with Crippen LogP contribution in [0.5, 0.6) is 0 Å². The number of likely N-dealkylation sites (tertiary alicyclic amines) is 1. The van der Waals surface area contributed by atoms with E-state index in [1.54, 1.807) is 37.3 Å². The highest BCUT2D eigenvalue weighted by molar-refractivity contribution is 7.15. The summed E-state index contributed by atoms with van der Waals surface area (Å²) in [7, 11) is 3.58. The van der Waals surface area contributed by atoms with Crippen LogP contribution in [-0.2, 0) is 11.3 Å². The number of carbonyl (C=O) groups is 2. The number of nitrogens with zero attached hydrogens (tertiary/aromatic N) is 3. The molecular weight excluding hydrogens is 338 g/mol. The van der Waals surface area contributed by atoms with Gasteiger partial charge in [-0.15, -0.1) is 11.3 Å². The Hall–Kier alpha value is -2.25. The third-order valence-electron chi connectivity index (χ3n) is 4.40. The molecule has 0 spiro atoms. The molecule has 3 rings (SSSR count). The molecule has 0 unspecified atom stereocenters. The fourth-order valence-corrected chi connectivity index (χ4v) is 4.13. The lowest BCUT2D eigenvalue weighted by molar-refractivity contribution is -0.132. The van der Waals surface area contributed by atoms with Gasteiger partial charge in [0, 0.05) is 32.4 Å². The highest BCUT2D eigenvalue weighted by Gasteiger charge is 2.29. The summed E-state index contributed by atoms with van der Waals surface area (Å²) in [6.45, 7) is 2.32. The predicted molar refractivity (Wildman–Crippen MR) is 96.6 cm³/mol. The number of benzene rings is 1. The Kier molecular flexibility index (Phi) is 5.15. The number of thiazole rings is 1. The molecule has 132 valence electrons. The van der Waals surface area contributed by atoms with Crippen LogP contribution in [0.1, 0.15) is 21.8 Å². The summed E-state index contributed by atoms with van der Waals surface area (Å²) < 4.78 is 0. The van der Waals surface area contributed by atoms with E-state index in [1.807, 2.05) is 12.1 Å². The van der Waals surface area contributed by atoms with Gasteiger partial charge >= 0.3 is 5.97 Å². The number of rotatable bonds is 5. The van der Waals surface area contributed by atoms with Crippen molar-refractivity contribution in [3.05, 3.63) is 41.0 Å². The highest BCUT2D eigenvalue weighted by atomic mass is 32.1. The van der Waals surface area contributed by atoms with Crippen molar-refractivity contribution in [3.8, 4) is 10.4 Å². The lowest BCUT2D eigenvalue weighted by atomic mass is 10.1. The molecule has 1 aromatic carbocycles. The quantitative estimate of drug-likeness (QED) is 0.887. The third kappa shape index (κ3) is 3.88. The molecule has 0 bridgehead atoms. The molecule has 0 radical (unpaired) electrons. The van der Waals surface area contributed by atoms with Crippen LogP contribution in [0.3, 0.4) is 0 Å². The zero-order valence-corrected chi connectivity index (χ0v) is 15.1.